The van der Waals surface area contributed by atoms with Crippen LogP contribution in [0.1, 0.15) is 42.9 Å². The van der Waals surface area contributed by atoms with Gasteiger partial charge in [0.2, 0.25) is 0 Å². The molecule has 0 aromatic heterocycles. The van der Waals surface area contributed by atoms with E-state index in [1.54, 1.807) is 7.11 Å². The standard InChI is InChI=1S/C15H23NOS/c1-17-13-9-7-12(8-10-13)15(11-16)18-14-5-3-2-4-6-14/h7-10,14-15H,2-6,11,16H2,1H3. The van der Waals surface area contributed by atoms with Gasteiger partial charge in [-0.2, -0.15) is 0 Å². The summed E-state index contributed by atoms with van der Waals surface area (Å²) in [7, 11) is 1.70. The summed E-state index contributed by atoms with van der Waals surface area (Å²) in [5, 5.41) is 1.23. The van der Waals surface area contributed by atoms with E-state index in [4.69, 9.17) is 10.5 Å². The van der Waals surface area contributed by atoms with Gasteiger partial charge in [0, 0.05) is 17.0 Å². The first-order valence-corrected chi connectivity index (χ1v) is 7.77. The summed E-state index contributed by atoms with van der Waals surface area (Å²) >= 11 is 2.07. The molecule has 0 bridgehead atoms. The summed E-state index contributed by atoms with van der Waals surface area (Å²) in [6.07, 6.45) is 6.90. The Hall–Kier alpha value is -0.670. The Morgan fingerprint density at radius 2 is 1.89 bits per heavy atom. The van der Waals surface area contributed by atoms with E-state index in [2.05, 4.69) is 23.9 Å². The third-order valence-corrected chi connectivity index (χ3v) is 5.26. The van der Waals surface area contributed by atoms with Crippen molar-refractivity contribution in [2.24, 2.45) is 5.73 Å². The van der Waals surface area contributed by atoms with Gasteiger partial charge in [-0.05, 0) is 30.5 Å². The fraction of sp³-hybridized carbons (Fsp3) is 0.600. The van der Waals surface area contributed by atoms with Crippen LogP contribution >= 0.6 is 11.8 Å². The Labute approximate surface area is 114 Å². The molecule has 0 amide bonds. The zero-order valence-electron chi connectivity index (χ0n) is 11.1. The lowest BCUT2D eigenvalue weighted by Gasteiger charge is -2.25. The third kappa shape index (κ3) is 3.66. The molecule has 1 atom stereocenters. The van der Waals surface area contributed by atoms with Crippen molar-refractivity contribution < 1.29 is 4.74 Å². The normalized spacial score (nSPS) is 18.6. The quantitative estimate of drug-likeness (QED) is 0.880. The van der Waals surface area contributed by atoms with Crippen molar-refractivity contribution in [3.8, 4) is 5.75 Å². The first-order chi connectivity index (χ1) is 8.83. The molecule has 2 N–H and O–H groups in total. The number of thioether (sulfide) groups is 1. The molecule has 1 aromatic carbocycles. The molecule has 100 valence electrons. The number of methoxy groups -OCH3 is 1. The molecule has 1 unspecified atom stereocenters. The van der Waals surface area contributed by atoms with Crippen molar-refractivity contribution in [3.63, 3.8) is 0 Å². The first kappa shape index (κ1) is 13.8. The van der Waals surface area contributed by atoms with Crippen LogP contribution in [0.3, 0.4) is 0 Å². The number of ether oxygens (including phenoxy) is 1. The van der Waals surface area contributed by atoms with Crippen LogP contribution in [0.4, 0.5) is 0 Å². The van der Waals surface area contributed by atoms with Crippen LogP contribution in [0.5, 0.6) is 5.75 Å². The highest BCUT2D eigenvalue weighted by atomic mass is 32.2. The van der Waals surface area contributed by atoms with Gasteiger partial charge >= 0.3 is 0 Å². The lowest BCUT2D eigenvalue weighted by Crippen LogP contribution is -2.16. The van der Waals surface area contributed by atoms with Crippen LogP contribution in [-0.2, 0) is 0 Å². The van der Waals surface area contributed by atoms with Crippen LogP contribution < -0.4 is 10.5 Å². The van der Waals surface area contributed by atoms with Gasteiger partial charge in [0.1, 0.15) is 5.75 Å². The van der Waals surface area contributed by atoms with E-state index in [1.165, 1.54) is 37.7 Å². The Morgan fingerprint density at radius 3 is 2.44 bits per heavy atom. The SMILES string of the molecule is COc1ccc(C(CN)SC2CCCCC2)cc1. The molecule has 0 heterocycles. The van der Waals surface area contributed by atoms with Gasteiger partial charge in [-0.3, -0.25) is 0 Å². The minimum Gasteiger partial charge on any atom is -0.497 e. The Kier molecular flexibility index (Phi) is 5.39. The number of hydrogen-bond acceptors (Lipinski definition) is 3. The zero-order chi connectivity index (χ0) is 12.8. The van der Waals surface area contributed by atoms with Gasteiger partial charge in [-0.15, -0.1) is 11.8 Å². The van der Waals surface area contributed by atoms with Crippen molar-refractivity contribution >= 4 is 11.8 Å². The average molecular weight is 265 g/mol. The molecule has 1 fully saturated rings. The van der Waals surface area contributed by atoms with E-state index in [0.717, 1.165) is 11.0 Å². The van der Waals surface area contributed by atoms with Gasteiger partial charge in [-0.1, -0.05) is 31.4 Å². The minimum absolute atomic E-state index is 0.430. The molecule has 0 radical (unpaired) electrons. The van der Waals surface area contributed by atoms with Gasteiger partial charge in [0.05, 0.1) is 7.11 Å². The highest BCUT2D eigenvalue weighted by Gasteiger charge is 2.19. The van der Waals surface area contributed by atoms with Crippen LogP contribution in [0.25, 0.3) is 0 Å². The Balaban J connectivity index is 1.97. The monoisotopic (exact) mass is 265 g/mol. The zero-order valence-corrected chi connectivity index (χ0v) is 11.9. The molecule has 18 heavy (non-hydrogen) atoms. The number of rotatable bonds is 5. The molecule has 2 rings (SSSR count). The fourth-order valence-electron chi connectivity index (χ4n) is 2.52. The van der Waals surface area contributed by atoms with Crippen molar-refractivity contribution in [1.29, 1.82) is 0 Å². The molecule has 2 nitrogen and oxygen atoms in total. The molecule has 3 heteroatoms. The molecule has 1 aliphatic rings. The number of nitrogens with two attached hydrogens (primary N) is 1. The third-order valence-electron chi connectivity index (χ3n) is 3.61. The summed E-state index contributed by atoms with van der Waals surface area (Å²) in [6, 6.07) is 8.34. The fourth-order valence-corrected chi connectivity index (χ4v) is 4.02. The maximum absolute atomic E-state index is 5.94. The van der Waals surface area contributed by atoms with Crippen LogP contribution in [-0.4, -0.2) is 18.9 Å². The molecule has 0 saturated heterocycles. The summed E-state index contributed by atoms with van der Waals surface area (Å²) in [4.78, 5) is 0. The van der Waals surface area contributed by atoms with Crippen molar-refractivity contribution in [1.82, 2.24) is 0 Å². The largest absolute Gasteiger partial charge is 0.497 e. The number of benzene rings is 1. The minimum atomic E-state index is 0.430. The van der Waals surface area contributed by atoms with E-state index in [0.29, 0.717) is 11.8 Å². The summed E-state index contributed by atoms with van der Waals surface area (Å²) in [6.45, 7) is 0.716. The Bertz CT molecular complexity index is 346. The second-order valence-electron chi connectivity index (χ2n) is 4.89. The Morgan fingerprint density at radius 1 is 1.22 bits per heavy atom. The average Bonchev–Trinajstić information content (AvgIpc) is 2.46. The predicted octanol–water partition coefficient (Wildman–Crippen LogP) is 3.76. The van der Waals surface area contributed by atoms with E-state index in [9.17, 15) is 0 Å². The van der Waals surface area contributed by atoms with Crippen LogP contribution in [0, 0.1) is 0 Å². The van der Waals surface area contributed by atoms with E-state index >= 15 is 0 Å². The summed E-state index contributed by atoms with van der Waals surface area (Å²) in [5.74, 6) is 0.914. The van der Waals surface area contributed by atoms with Gasteiger partial charge < -0.3 is 10.5 Å². The molecule has 1 aliphatic carbocycles. The molecule has 0 spiro atoms. The molecular weight excluding hydrogens is 242 g/mol. The number of hydrogen-bond donors (Lipinski definition) is 1. The topological polar surface area (TPSA) is 35.2 Å². The lowest BCUT2D eigenvalue weighted by atomic mass is 10.0. The van der Waals surface area contributed by atoms with Crippen LogP contribution in [0.2, 0.25) is 0 Å². The highest BCUT2D eigenvalue weighted by Crippen LogP contribution is 2.38. The smallest absolute Gasteiger partial charge is 0.118 e. The van der Waals surface area contributed by atoms with E-state index < -0.39 is 0 Å². The van der Waals surface area contributed by atoms with Gasteiger partial charge in [0.15, 0.2) is 0 Å². The molecule has 1 aromatic rings. The molecule has 0 aliphatic heterocycles. The molecular formula is C15H23NOS. The van der Waals surface area contributed by atoms with Crippen molar-refractivity contribution in [2.45, 2.75) is 42.6 Å². The van der Waals surface area contributed by atoms with E-state index in [-0.39, 0.29) is 0 Å². The summed E-state index contributed by atoms with van der Waals surface area (Å²) in [5.41, 5.74) is 7.27. The molecule has 1 saturated carbocycles. The van der Waals surface area contributed by atoms with Crippen molar-refractivity contribution in [3.05, 3.63) is 29.8 Å². The second-order valence-corrected chi connectivity index (χ2v) is 6.40. The van der Waals surface area contributed by atoms with Crippen LogP contribution in [0.15, 0.2) is 24.3 Å². The maximum Gasteiger partial charge on any atom is 0.118 e. The maximum atomic E-state index is 5.94. The van der Waals surface area contributed by atoms with Gasteiger partial charge in [0.25, 0.3) is 0 Å². The van der Waals surface area contributed by atoms with Gasteiger partial charge in [-0.25, -0.2) is 0 Å². The summed E-state index contributed by atoms with van der Waals surface area (Å²) < 4.78 is 5.19. The first-order valence-electron chi connectivity index (χ1n) is 6.83. The predicted molar refractivity (Wildman–Crippen MR) is 79.3 cm³/mol. The highest BCUT2D eigenvalue weighted by molar-refractivity contribution is 8.00. The van der Waals surface area contributed by atoms with Crippen molar-refractivity contribution in [2.75, 3.05) is 13.7 Å². The van der Waals surface area contributed by atoms with E-state index in [1.807, 2.05) is 12.1 Å². The second kappa shape index (κ2) is 7.05. The lowest BCUT2D eigenvalue weighted by molar-refractivity contribution is 0.414.